The summed E-state index contributed by atoms with van der Waals surface area (Å²) in [5.41, 5.74) is 2.01. The van der Waals surface area contributed by atoms with Gasteiger partial charge in [-0.3, -0.25) is 0 Å². The fraction of sp³-hybridized carbons (Fsp3) is 0.923. The number of fused-ring (bicyclic) bond motifs is 5. The maximum atomic E-state index is 10.2. The number of rotatable bonds is 5. The Labute approximate surface area is 173 Å². The fourth-order valence-electron chi connectivity index (χ4n) is 8.17. The topological polar surface area (TPSA) is 40.5 Å². The van der Waals surface area contributed by atoms with Crippen molar-refractivity contribution in [2.75, 3.05) is 0 Å². The summed E-state index contributed by atoms with van der Waals surface area (Å²) in [5, 5.41) is 20.2. The van der Waals surface area contributed by atoms with E-state index in [1.807, 2.05) is 13.8 Å². The Morgan fingerprint density at radius 2 is 1.82 bits per heavy atom. The van der Waals surface area contributed by atoms with E-state index < -0.39 is 5.60 Å². The molecule has 3 saturated carbocycles. The summed E-state index contributed by atoms with van der Waals surface area (Å²) in [6.07, 6.45) is 17.3. The Bertz CT molecular complexity index is 602. The van der Waals surface area contributed by atoms with Crippen LogP contribution in [0.15, 0.2) is 11.6 Å². The Balaban J connectivity index is 1.43. The molecule has 0 amide bonds. The lowest BCUT2D eigenvalue weighted by atomic mass is 9.47. The van der Waals surface area contributed by atoms with Crippen LogP contribution in [-0.4, -0.2) is 21.9 Å². The van der Waals surface area contributed by atoms with Crippen LogP contribution in [0.3, 0.4) is 0 Å². The molecule has 0 aromatic rings. The van der Waals surface area contributed by atoms with Gasteiger partial charge in [-0.1, -0.05) is 38.3 Å². The monoisotopic (exact) mass is 388 g/mol. The maximum absolute atomic E-state index is 10.2. The molecule has 0 bridgehead atoms. The third-order valence-electron chi connectivity index (χ3n) is 9.87. The highest BCUT2D eigenvalue weighted by atomic mass is 16.3. The zero-order valence-electron chi connectivity index (χ0n) is 18.8. The summed E-state index contributed by atoms with van der Waals surface area (Å²) in [6.45, 7) is 9.05. The molecule has 0 aromatic carbocycles. The van der Waals surface area contributed by atoms with Crippen molar-refractivity contribution < 1.29 is 10.2 Å². The van der Waals surface area contributed by atoms with E-state index in [0.717, 1.165) is 42.9 Å². The van der Waals surface area contributed by atoms with Gasteiger partial charge in [0.2, 0.25) is 0 Å². The summed E-state index contributed by atoms with van der Waals surface area (Å²) in [7, 11) is 0. The Kier molecular flexibility index (Phi) is 5.54. The third kappa shape index (κ3) is 3.62. The minimum absolute atomic E-state index is 0.0931. The summed E-state index contributed by atoms with van der Waals surface area (Å²) in [4.78, 5) is 0. The average molecular weight is 389 g/mol. The van der Waals surface area contributed by atoms with Crippen LogP contribution in [0.4, 0.5) is 0 Å². The van der Waals surface area contributed by atoms with E-state index in [9.17, 15) is 10.2 Å². The van der Waals surface area contributed by atoms with Gasteiger partial charge in [0.15, 0.2) is 0 Å². The minimum atomic E-state index is -0.505. The van der Waals surface area contributed by atoms with Gasteiger partial charge in [-0.25, -0.2) is 0 Å². The van der Waals surface area contributed by atoms with Gasteiger partial charge in [0.25, 0.3) is 0 Å². The van der Waals surface area contributed by atoms with Crippen LogP contribution in [0.5, 0.6) is 0 Å². The second-order valence-corrected chi connectivity index (χ2v) is 12.0. The molecule has 0 spiro atoms. The van der Waals surface area contributed by atoms with E-state index in [2.05, 4.69) is 19.9 Å². The van der Waals surface area contributed by atoms with Crippen molar-refractivity contribution in [2.24, 2.45) is 34.5 Å². The summed E-state index contributed by atoms with van der Waals surface area (Å²) >= 11 is 0. The van der Waals surface area contributed by atoms with Gasteiger partial charge >= 0.3 is 0 Å². The van der Waals surface area contributed by atoms with Crippen molar-refractivity contribution in [1.82, 2.24) is 0 Å². The molecule has 160 valence electrons. The number of hydrogen-bond acceptors (Lipinski definition) is 2. The highest BCUT2D eigenvalue weighted by molar-refractivity contribution is 5.25. The molecule has 2 heteroatoms. The van der Waals surface area contributed by atoms with Gasteiger partial charge in [-0.2, -0.15) is 0 Å². The molecule has 0 aliphatic heterocycles. The first-order chi connectivity index (χ1) is 13.1. The highest BCUT2D eigenvalue weighted by Crippen LogP contribution is 2.66. The number of aliphatic hydroxyl groups excluding tert-OH is 1. The predicted molar refractivity (Wildman–Crippen MR) is 116 cm³/mol. The molecule has 4 rings (SSSR count). The van der Waals surface area contributed by atoms with Crippen LogP contribution in [-0.2, 0) is 0 Å². The van der Waals surface area contributed by atoms with Crippen LogP contribution in [0.1, 0.15) is 105 Å². The smallest absolute Gasteiger partial charge is 0.0591 e. The molecule has 6 unspecified atom stereocenters. The molecule has 4 aliphatic carbocycles. The normalized spacial score (nSPS) is 45.8. The first kappa shape index (κ1) is 20.9. The molecule has 0 saturated heterocycles. The standard InChI is InChI=1S/C26H44O2/c1-24(2,28)14-6-5-7-18-9-11-22-21-10-8-19-17-20(27)12-15-26(19,4)23(21)13-16-25(18,22)3/h8,18,20-23,27-28H,5-7,9-17H2,1-4H3/t18-,20?,21?,22?,23?,25?,26?/m0/s1. The predicted octanol–water partition coefficient (Wildman–Crippen LogP) is 6.26. The summed E-state index contributed by atoms with van der Waals surface area (Å²) < 4.78 is 0. The number of aliphatic hydroxyl groups is 2. The van der Waals surface area contributed by atoms with Gasteiger partial charge in [-0.05, 0) is 113 Å². The van der Waals surface area contributed by atoms with Gasteiger partial charge in [0.05, 0.1) is 11.7 Å². The highest BCUT2D eigenvalue weighted by Gasteiger charge is 2.58. The maximum Gasteiger partial charge on any atom is 0.0591 e. The third-order valence-corrected chi connectivity index (χ3v) is 9.87. The molecular weight excluding hydrogens is 344 g/mol. The van der Waals surface area contributed by atoms with Crippen molar-refractivity contribution >= 4 is 0 Å². The van der Waals surface area contributed by atoms with Gasteiger partial charge in [0.1, 0.15) is 0 Å². The van der Waals surface area contributed by atoms with E-state index >= 15 is 0 Å². The second-order valence-electron chi connectivity index (χ2n) is 12.0. The van der Waals surface area contributed by atoms with Crippen molar-refractivity contribution in [3.8, 4) is 0 Å². The molecule has 0 heterocycles. The lowest BCUT2D eigenvalue weighted by molar-refractivity contribution is -0.0510. The Hall–Kier alpha value is -0.340. The van der Waals surface area contributed by atoms with Gasteiger partial charge in [-0.15, -0.1) is 0 Å². The van der Waals surface area contributed by atoms with E-state index in [-0.39, 0.29) is 6.10 Å². The second kappa shape index (κ2) is 7.41. The zero-order chi connectivity index (χ0) is 20.2. The molecule has 0 aromatic heterocycles. The summed E-state index contributed by atoms with van der Waals surface area (Å²) in [5.74, 6) is 3.54. The SMILES string of the molecule is CC(C)(O)CCCC[C@H]1CCC2C3CC=C4CC(O)CCC4(C)C3CCC21C. The van der Waals surface area contributed by atoms with Crippen molar-refractivity contribution in [2.45, 2.75) is 116 Å². The van der Waals surface area contributed by atoms with E-state index in [4.69, 9.17) is 0 Å². The van der Waals surface area contributed by atoms with Gasteiger partial charge in [0, 0.05) is 0 Å². The van der Waals surface area contributed by atoms with Crippen molar-refractivity contribution in [3.63, 3.8) is 0 Å². The minimum Gasteiger partial charge on any atom is -0.393 e. The number of allylic oxidation sites excluding steroid dienone is 1. The van der Waals surface area contributed by atoms with Crippen molar-refractivity contribution in [1.29, 1.82) is 0 Å². The van der Waals surface area contributed by atoms with Crippen LogP contribution < -0.4 is 0 Å². The molecule has 28 heavy (non-hydrogen) atoms. The van der Waals surface area contributed by atoms with E-state index in [1.165, 1.54) is 57.8 Å². The number of unbranched alkanes of at least 4 members (excludes halogenated alkanes) is 1. The molecule has 7 atom stereocenters. The fourth-order valence-corrected chi connectivity index (χ4v) is 8.17. The molecule has 2 N–H and O–H groups in total. The Morgan fingerprint density at radius 1 is 1.04 bits per heavy atom. The Morgan fingerprint density at radius 3 is 2.57 bits per heavy atom. The zero-order valence-corrected chi connectivity index (χ0v) is 18.8. The molecule has 0 radical (unpaired) electrons. The molecular formula is C26H44O2. The first-order valence-corrected chi connectivity index (χ1v) is 12.2. The van der Waals surface area contributed by atoms with Crippen molar-refractivity contribution in [3.05, 3.63) is 11.6 Å². The van der Waals surface area contributed by atoms with E-state index in [1.54, 1.807) is 5.57 Å². The largest absolute Gasteiger partial charge is 0.393 e. The van der Waals surface area contributed by atoms with E-state index in [0.29, 0.717) is 10.8 Å². The average Bonchev–Trinajstić information content (AvgIpc) is 2.95. The van der Waals surface area contributed by atoms with Crippen LogP contribution >= 0.6 is 0 Å². The first-order valence-electron chi connectivity index (χ1n) is 12.2. The number of hydrogen-bond donors (Lipinski definition) is 2. The van der Waals surface area contributed by atoms with Crippen LogP contribution in [0.25, 0.3) is 0 Å². The molecule has 4 aliphatic rings. The summed E-state index contributed by atoms with van der Waals surface area (Å²) in [6, 6.07) is 0. The van der Waals surface area contributed by atoms with Crippen LogP contribution in [0.2, 0.25) is 0 Å². The lowest BCUT2D eigenvalue weighted by Gasteiger charge is -2.58. The van der Waals surface area contributed by atoms with Gasteiger partial charge < -0.3 is 10.2 Å². The quantitative estimate of drug-likeness (QED) is 0.431. The van der Waals surface area contributed by atoms with Crippen LogP contribution in [0, 0.1) is 34.5 Å². The lowest BCUT2D eigenvalue weighted by Crippen LogP contribution is -2.50. The molecule has 2 nitrogen and oxygen atoms in total. The molecule has 3 fully saturated rings.